The molecule has 0 spiro atoms. The number of aryl methyl sites for hydroxylation is 1. The number of nitrogens with zero attached hydrogens (tertiary/aromatic N) is 2. The molecule has 2 aromatic carbocycles. The molecule has 1 fully saturated rings. The van der Waals surface area contributed by atoms with Crippen molar-refractivity contribution in [2.24, 2.45) is 0 Å². The van der Waals surface area contributed by atoms with Crippen LogP contribution in [0.1, 0.15) is 44.2 Å². The topological polar surface area (TPSA) is 69.7 Å². The van der Waals surface area contributed by atoms with Crippen molar-refractivity contribution in [1.82, 2.24) is 9.21 Å². The van der Waals surface area contributed by atoms with Crippen LogP contribution in [0, 0.1) is 6.92 Å². The molecule has 1 heterocycles. The average molecular weight is 444 g/mol. The van der Waals surface area contributed by atoms with E-state index in [1.165, 1.54) is 4.31 Å². The Kier molecular flexibility index (Phi) is 7.51. The summed E-state index contributed by atoms with van der Waals surface area (Å²) in [7, 11) is -3.51. The van der Waals surface area contributed by atoms with Gasteiger partial charge in [0, 0.05) is 31.9 Å². The summed E-state index contributed by atoms with van der Waals surface area (Å²) in [4.78, 5) is 15.3. The highest BCUT2D eigenvalue weighted by Crippen LogP contribution is 2.27. The molecule has 0 aliphatic carbocycles. The van der Waals surface area contributed by atoms with E-state index in [9.17, 15) is 13.2 Å². The molecule has 0 aromatic heterocycles. The lowest BCUT2D eigenvalue weighted by atomic mass is 9.97. The molecule has 1 amide bonds. The third-order valence-corrected chi connectivity index (χ3v) is 8.13. The summed E-state index contributed by atoms with van der Waals surface area (Å²) in [6.45, 7) is 9.89. The van der Waals surface area contributed by atoms with Crippen LogP contribution in [0.4, 0.5) is 5.69 Å². The zero-order valence-electron chi connectivity index (χ0n) is 18.8. The minimum absolute atomic E-state index is 0.0643. The van der Waals surface area contributed by atoms with Crippen LogP contribution in [0.5, 0.6) is 0 Å². The van der Waals surface area contributed by atoms with Crippen molar-refractivity contribution in [3.63, 3.8) is 0 Å². The summed E-state index contributed by atoms with van der Waals surface area (Å²) >= 11 is 0. The van der Waals surface area contributed by atoms with Crippen LogP contribution in [0.2, 0.25) is 0 Å². The van der Waals surface area contributed by atoms with Crippen LogP contribution >= 0.6 is 0 Å². The molecule has 31 heavy (non-hydrogen) atoms. The highest BCUT2D eigenvalue weighted by Gasteiger charge is 2.32. The Morgan fingerprint density at radius 1 is 1.00 bits per heavy atom. The maximum absolute atomic E-state index is 12.9. The van der Waals surface area contributed by atoms with E-state index in [0.717, 1.165) is 23.2 Å². The number of rotatable bonds is 7. The first kappa shape index (κ1) is 23.4. The van der Waals surface area contributed by atoms with Crippen molar-refractivity contribution in [3.05, 3.63) is 59.7 Å². The van der Waals surface area contributed by atoms with Gasteiger partial charge >= 0.3 is 0 Å². The first-order chi connectivity index (χ1) is 14.7. The number of para-hydroxylation sites is 1. The maximum Gasteiger partial charge on any atom is 0.243 e. The highest BCUT2D eigenvalue weighted by molar-refractivity contribution is 7.89. The van der Waals surface area contributed by atoms with Gasteiger partial charge in [-0.2, -0.15) is 4.31 Å². The minimum Gasteiger partial charge on any atom is -0.324 e. The summed E-state index contributed by atoms with van der Waals surface area (Å²) in [6, 6.07) is 14.5. The Labute approximate surface area is 186 Å². The van der Waals surface area contributed by atoms with E-state index in [-0.39, 0.29) is 11.9 Å². The summed E-state index contributed by atoms with van der Waals surface area (Å²) in [5, 5.41) is 3.08. The quantitative estimate of drug-likeness (QED) is 0.706. The van der Waals surface area contributed by atoms with Gasteiger partial charge in [-0.25, -0.2) is 8.42 Å². The number of anilines is 1. The number of hydrogen-bond donors (Lipinski definition) is 1. The fourth-order valence-corrected chi connectivity index (χ4v) is 5.28. The molecule has 168 valence electrons. The summed E-state index contributed by atoms with van der Waals surface area (Å²) in [5.74, 6) is 0.299. The van der Waals surface area contributed by atoms with Crippen LogP contribution in [0.3, 0.4) is 0 Å². The molecule has 1 N–H and O–H groups in total. The van der Waals surface area contributed by atoms with Crippen molar-refractivity contribution in [3.8, 4) is 0 Å². The Balaban J connectivity index is 1.62. The minimum atomic E-state index is -3.51. The monoisotopic (exact) mass is 443 g/mol. The molecule has 1 saturated heterocycles. The van der Waals surface area contributed by atoms with Gasteiger partial charge in [0.1, 0.15) is 0 Å². The second-order valence-corrected chi connectivity index (χ2v) is 10.3. The summed E-state index contributed by atoms with van der Waals surface area (Å²) in [5.41, 5.74) is 3.02. The first-order valence-electron chi connectivity index (χ1n) is 10.9. The van der Waals surface area contributed by atoms with Crippen molar-refractivity contribution < 1.29 is 13.2 Å². The number of nitrogens with one attached hydrogen (secondary N) is 1. The smallest absolute Gasteiger partial charge is 0.243 e. The molecule has 7 heteroatoms. The van der Waals surface area contributed by atoms with Crippen molar-refractivity contribution >= 4 is 21.6 Å². The van der Waals surface area contributed by atoms with Crippen molar-refractivity contribution in [2.45, 2.75) is 51.0 Å². The zero-order valence-corrected chi connectivity index (χ0v) is 19.7. The number of amides is 1. The largest absolute Gasteiger partial charge is 0.324 e. The van der Waals surface area contributed by atoms with Crippen molar-refractivity contribution in [2.75, 3.05) is 31.5 Å². The molecule has 0 saturated carbocycles. The lowest BCUT2D eigenvalue weighted by Gasteiger charge is -2.36. The maximum atomic E-state index is 12.9. The molecule has 1 aliphatic heterocycles. The fourth-order valence-electron chi connectivity index (χ4n) is 3.85. The van der Waals surface area contributed by atoms with Gasteiger partial charge in [-0.05, 0) is 49.9 Å². The molecule has 2 aromatic rings. The zero-order chi connectivity index (χ0) is 22.6. The van der Waals surface area contributed by atoms with E-state index in [1.54, 1.807) is 12.1 Å². The van der Waals surface area contributed by atoms with Crippen LogP contribution in [-0.2, 0) is 14.8 Å². The predicted molar refractivity (Wildman–Crippen MR) is 125 cm³/mol. The summed E-state index contributed by atoms with van der Waals surface area (Å²) in [6.07, 6.45) is 1.000. The van der Waals surface area contributed by atoms with Gasteiger partial charge in [0.15, 0.2) is 0 Å². The number of benzene rings is 2. The second kappa shape index (κ2) is 9.94. The number of hydrogen-bond acceptors (Lipinski definition) is 4. The lowest BCUT2D eigenvalue weighted by Crippen LogP contribution is -2.53. The van der Waals surface area contributed by atoms with Crippen LogP contribution in [-0.4, -0.2) is 55.8 Å². The Bertz CT molecular complexity index is 997. The van der Waals surface area contributed by atoms with Gasteiger partial charge in [-0.3, -0.25) is 9.69 Å². The molecular weight excluding hydrogens is 410 g/mol. The molecule has 0 unspecified atom stereocenters. The van der Waals surface area contributed by atoms with E-state index in [4.69, 9.17) is 0 Å². The molecule has 1 aliphatic rings. The normalized spacial score (nSPS) is 17.8. The van der Waals surface area contributed by atoms with Crippen LogP contribution in [0.15, 0.2) is 53.4 Å². The Hall–Kier alpha value is -2.22. The third-order valence-electron chi connectivity index (χ3n) is 6.22. The molecular formula is C24H33N3O3S. The Morgan fingerprint density at radius 3 is 2.23 bits per heavy atom. The molecule has 6 nitrogen and oxygen atoms in total. The molecule has 3 rings (SSSR count). The molecule has 0 bridgehead atoms. The van der Waals surface area contributed by atoms with E-state index < -0.39 is 10.0 Å². The van der Waals surface area contributed by atoms with E-state index in [1.807, 2.05) is 49.1 Å². The fraction of sp³-hybridized carbons (Fsp3) is 0.458. The standard InChI is InChI=1S/C24H33N3O3S/c1-5-19(3)22-8-6-7-9-23(22)25-24(28)20(4)26-14-16-27(17-15-26)31(29,30)21-12-10-18(2)11-13-21/h6-13,19-20H,5,14-17H2,1-4H3,(H,25,28)/t19-,20+/m1/s1. The second-order valence-electron chi connectivity index (χ2n) is 8.31. The summed E-state index contributed by atoms with van der Waals surface area (Å²) < 4.78 is 27.3. The van der Waals surface area contributed by atoms with Gasteiger partial charge < -0.3 is 5.32 Å². The van der Waals surface area contributed by atoms with Crippen molar-refractivity contribution in [1.29, 1.82) is 0 Å². The van der Waals surface area contributed by atoms with Gasteiger partial charge in [0.25, 0.3) is 0 Å². The highest BCUT2D eigenvalue weighted by atomic mass is 32.2. The van der Waals surface area contributed by atoms with Gasteiger partial charge in [0.2, 0.25) is 15.9 Å². The van der Waals surface area contributed by atoms with E-state index in [2.05, 4.69) is 25.2 Å². The molecule has 2 atom stereocenters. The number of carbonyl (C=O) groups is 1. The first-order valence-corrected chi connectivity index (χ1v) is 12.4. The van der Waals surface area contributed by atoms with Gasteiger partial charge in [0.05, 0.1) is 10.9 Å². The van der Waals surface area contributed by atoms with Gasteiger partial charge in [-0.1, -0.05) is 49.7 Å². The predicted octanol–water partition coefficient (Wildman–Crippen LogP) is 3.84. The molecule has 0 radical (unpaired) electrons. The Morgan fingerprint density at radius 2 is 1.61 bits per heavy atom. The van der Waals surface area contributed by atoms with Gasteiger partial charge in [-0.15, -0.1) is 0 Å². The SMILES string of the molecule is CC[C@@H](C)c1ccccc1NC(=O)[C@H](C)N1CCN(S(=O)(=O)c2ccc(C)cc2)CC1. The van der Waals surface area contributed by atoms with E-state index in [0.29, 0.717) is 37.0 Å². The van der Waals surface area contributed by atoms with E-state index >= 15 is 0 Å². The lowest BCUT2D eigenvalue weighted by molar-refractivity contribution is -0.121. The average Bonchev–Trinajstić information content (AvgIpc) is 2.78. The number of sulfonamides is 1. The number of piperazine rings is 1. The van der Waals surface area contributed by atoms with Crippen LogP contribution in [0.25, 0.3) is 0 Å². The third kappa shape index (κ3) is 5.34. The van der Waals surface area contributed by atoms with Crippen LogP contribution < -0.4 is 5.32 Å². The number of carbonyl (C=O) groups excluding carboxylic acids is 1.